The molecule has 1 heterocycles. The van der Waals surface area contributed by atoms with E-state index in [-0.39, 0.29) is 5.91 Å². The molecular formula is C10H20N2O2. The first-order valence-corrected chi connectivity index (χ1v) is 5.19. The Balaban J connectivity index is 1.93. The summed E-state index contributed by atoms with van der Waals surface area (Å²) in [7, 11) is 0. The van der Waals surface area contributed by atoms with Gasteiger partial charge in [-0.25, -0.2) is 0 Å². The van der Waals surface area contributed by atoms with Crippen molar-refractivity contribution in [1.29, 1.82) is 0 Å². The zero-order valence-electron chi connectivity index (χ0n) is 9.03. The first kappa shape index (κ1) is 11.5. The fraction of sp³-hybridized carbons (Fsp3) is 0.900. The van der Waals surface area contributed by atoms with Crippen LogP contribution in [-0.4, -0.2) is 43.2 Å². The van der Waals surface area contributed by atoms with Crippen LogP contribution >= 0.6 is 0 Å². The predicted molar refractivity (Wildman–Crippen MR) is 54.8 cm³/mol. The molecule has 1 amide bonds. The third-order valence-electron chi connectivity index (χ3n) is 2.56. The molecule has 0 spiro atoms. The van der Waals surface area contributed by atoms with Crippen LogP contribution in [0.1, 0.15) is 20.3 Å². The minimum absolute atomic E-state index is 0.289. The summed E-state index contributed by atoms with van der Waals surface area (Å²) in [5.41, 5.74) is 4.99. The lowest BCUT2D eigenvalue weighted by Gasteiger charge is -2.41. The molecule has 0 aromatic heterocycles. The molecule has 0 aromatic rings. The number of hydrogen-bond acceptors (Lipinski definition) is 3. The lowest BCUT2D eigenvalue weighted by atomic mass is 9.99. The largest absolute Gasteiger partial charge is 0.381 e. The molecule has 0 atom stereocenters. The van der Waals surface area contributed by atoms with Gasteiger partial charge >= 0.3 is 0 Å². The van der Waals surface area contributed by atoms with E-state index >= 15 is 0 Å². The summed E-state index contributed by atoms with van der Waals surface area (Å²) >= 11 is 0. The van der Waals surface area contributed by atoms with E-state index in [0.717, 1.165) is 19.7 Å². The van der Waals surface area contributed by atoms with Gasteiger partial charge in [0.05, 0.1) is 13.2 Å². The lowest BCUT2D eigenvalue weighted by molar-refractivity contribution is -0.119. The molecular weight excluding hydrogens is 180 g/mol. The summed E-state index contributed by atoms with van der Waals surface area (Å²) in [5, 5.41) is 0. The average Bonchev–Trinajstić information content (AvgIpc) is 1.98. The van der Waals surface area contributed by atoms with Crippen LogP contribution in [0, 0.1) is 5.92 Å². The van der Waals surface area contributed by atoms with E-state index in [4.69, 9.17) is 10.5 Å². The van der Waals surface area contributed by atoms with Crippen LogP contribution in [-0.2, 0) is 9.53 Å². The zero-order valence-corrected chi connectivity index (χ0v) is 9.03. The van der Waals surface area contributed by atoms with Crippen LogP contribution in [0.4, 0.5) is 0 Å². The molecule has 82 valence electrons. The minimum atomic E-state index is -0.289. The summed E-state index contributed by atoms with van der Waals surface area (Å²) in [4.78, 5) is 12.8. The van der Waals surface area contributed by atoms with Crippen molar-refractivity contribution in [2.24, 2.45) is 11.7 Å². The van der Waals surface area contributed by atoms with Crippen LogP contribution in [0.5, 0.6) is 0 Å². The maximum atomic E-state index is 10.4. The quantitative estimate of drug-likeness (QED) is 0.624. The highest BCUT2D eigenvalue weighted by atomic mass is 16.5. The summed E-state index contributed by atoms with van der Waals surface area (Å²) in [6.45, 7) is 7.86. The van der Waals surface area contributed by atoms with Crippen LogP contribution < -0.4 is 5.73 Å². The predicted octanol–water partition coefficient (Wildman–Crippen LogP) is 0.219. The highest BCUT2D eigenvalue weighted by molar-refractivity contribution is 5.73. The molecule has 0 saturated carbocycles. The van der Waals surface area contributed by atoms with E-state index in [1.807, 2.05) is 0 Å². The molecule has 0 aliphatic carbocycles. The van der Waals surface area contributed by atoms with Gasteiger partial charge in [0.15, 0.2) is 0 Å². The molecule has 0 bridgehead atoms. The molecule has 2 N–H and O–H groups in total. The Morgan fingerprint density at radius 1 is 1.57 bits per heavy atom. The molecule has 4 nitrogen and oxygen atoms in total. The Kier molecular flexibility index (Phi) is 4.35. The first-order valence-electron chi connectivity index (χ1n) is 5.19. The Morgan fingerprint density at radius 2 is 2.21 bits per heavy atom. The highest BCUT2D eigenvalue weighted by Crippen LogP contribution is 2.18. The lowest BCUT2D eigenvalue weighted by Crippen LogP contribution is -2.51. The number of likely N-dealkylation sites (tertiary alicyclic amines) is 1. The second-order valence-electron chi connectivity index (χ2n) is 4.20. The van der Waals surface area contributed by atoms with Crippen molar-refractivity contribution in [3.8, 4) is 0 Å². The number of ether oxygens (including phenoxy) is 1. The van der Waals surface area contributed by atoms with Gasteiger partial charge < -0.3 is 15.4 Å². The number of primary amides is 1. The smallest absolute Gasteiger partial charge is 0.219 e. The van der Waals surface area contributed by atoms with Crippen molar-refractivity contribution < 1.29 is 9.53 Å². The van der Waals surface area contributed by atoms with Crippen LogP contribution in [0.25, 0.3) is 0 Å². The second kappa shape index (κ2) is 5.32. The maximum Gasteiger partial charge on any atom is 0.219 e. The number of nitrogens with zero attached hydrogens (tertiary/aromatic N) is 1. The van der Waals surface area contributed by atoms with Crippen LogP contribution in [0.15, 0.2) is 0 Å². The normalized spacial score (nSPS) is 18.5. The fourth-order valence-electron chi connectivity index (χ4n) is 1.56. The fourth-order valence-corrected chi connectivity index (χ4v) is 1.56. The average molecular weight is 200 g/mol. The number of nitrogens with two attached hydrogens (primary N) is 1. The highest BCUT2D eigenvalue weighted by Gasteiger charge is 2.28. The first-order chi connectivity index (χ1) is 6.59. The van der Waals surface area contributed by atoms with Gasteiger partial charge in [-0.2, -0.15) is 0 Å². The molecule has 1 rings (SSSR count). The Labute approximate surface area is 85.4 Å². The number of amides is 1. The molecule has 1 fully saturated rings. The summed E-state index contributed by atoms with van der Waals surface area (Å²) < 4.78 is 5.35. The van der Waals surface area contributed by atoms with E-state index < -0.39 is 0 Å². The monoisotopic (exact) mass is 200 g/mol. The van der Waals surface area contributed by atoms with Gasteiger partial charge in [-0.15, -0.1) is 0 Å². The number of rotatable bonds is 6. The third kappa shape index (κ3) is 3.64. The molecule has 1 aliphatic rings. The standard InChI is InChI=1S/C10H20N2O2/c1-8(2)12-5-9(6-12)7-14-4-3-10(11)13/h8-9H,3-7H2,1-2H3,(H2,11,13). The number of carbonyl (C=O) groups is 1. The van der Waals surface area contributed by atoms with Crippen molar-refractivity contribution in [2.75, 3.05) is 26.3 Å². The Bertz CT molecular complexity index is 189. The minimum Gasteiger partial charge on any atom is -0.381 e. The Morgan fingerprint density at radius 3 is 2.71 bits per heavy atom. The van der Waals surface area contributed by atoms with Gasteiger partial charge in [0.1, 0.15) is 0 Å². The van der Waals surface area contributed by atoms with Crippen LogP contribution in [0.2, 0.25) is 0 Å². The molecule has 1 aliphatic heterocycles. The summed E-state index contributed by atoms with van der Waals surface area (Å²) in [6.07, 6.45) is 0.334. The molecule has 4 heteroatoms. The van der Waals surface area contributed by atoms with Crippen molar-refractivity contribution in [1.82, 2.24) is 4.90 Å². The van der Waals surface area contributed by atoms with Gasteiger partial charge in [-0.3, -0.25) is 4.79 Å². The van der Waals surface area contributed by atoms with Crippen LogP contribution in [0.3, 0.4) is 0 Å². The SMILES string of the molecule is CC(C)N1CC(COCCC(N)=O)C1. The van der Waals surface area contributed by atoms with Gasteiger partial charge in [0.2, 0.25) is 5.91 Å². The van der Waals surface area contributed by atoms with Gasteiger partial charge in [0.25, 0.3) is 0 Å². The van der Waals surface area contributed by atoms with Gasteiger partial charge in [-0.05, 0) is 13.8 Å². The molecule has 14 heavy (non-hydrogen) atoms. The van der Waals surface area contributed by atoms with Gasteiger partial charge in [0, 0.05) is 31.5 Å². The third-order valence-corrected chi connectivity index (χ3v) is 2.56. The van der Waals surface area contributed by atoms with E-state index in [9.17, 15) is 4.79 Å². The molecule has 0 aromatic carbocycles. The molecule has 1 saturated heterocycles. The van der Waals surface area contributed by atoms with E-state index in [1.165, 1.54) is 0 Å². The van der Waals surface area contributed by atoms with E-state index in [0.29, 0.717) is 25.0 Å². The van der Waals surface area contributed by atoms with Crippen molar-refractivity contribution in [3.05, 3.63) is 0 Å². The topological polar surface area (TPSA) is 55.6 Å². The van der Waals surface area contributed by atoms with Gasteiger partial charge in [-0.1, -0.05) is 0 Å². The Hall–Kier alpha value is -0.610. The van der Waals surface area contributed by atoms with E-state index in [1.54, 1.807) is 0 Å². The van der Waals surface area contributed by atoms with Crippen molar-refractivity contribution in [2.45, 2.75) is 26.3 Å². The van der Waals surface area contributed by atoms with Crippen molar-refractivity contribution >= 4 is 5.91 Å². The number of hydrogen-bond donors (Lipinski definition) is 1. The zero-order chi connectivity index (χ0) is 10.6. The molecule has 0 unspecified atom stereocenters. The van der Waals surface area contributed by atoms with Crippen molar-refractivity contribution in [3.63, 3.8) is 0 Å². The summed E-state index contributed by atoms with van der Waals surface area (Å²) in [6, 6.07) is 0.636. The van der Waals surface area contributed by atoms with E-state index in [2.05, 4.69) is 18.7 Å². The maximum absolute atomic E-state index is 10.4. The molecule has 0 radical (unpaired) electrons. The number of carbonyl (C=O) groups excluding carboxylic acids is 1. The summed E-state index contributed by atoms with van der Waals surface area (Å²) in [5.74, 6) is 0.354. The second-order valence-corrected chi connectivity index (χ2v) is 4.20.